The molecule has 1 saturated carbocycles. The molecule has 1 aromatic heterocycles. The number of amides is 1. The molecule has 0 spiro atoms. The van der Waals surface area contributed by atoms with E-state index in [4.69, 9.17) is 4.74 Å². The summed E-state index contributed by atoms with van der Waals surface area (Å²) in [6.07, 6.45) is 8.33. The molecular weight excluding hydrogens is 324 g/mol. The Morgan fingerprint density at radius 2 is 2.12 bits per heavy atom. The van der Waals surface area contributed by atoms with Crippen molar-refractivity contribution in [3.63, 3.8) is 0 Å². The topological polar surface area (TPSA) is 51.2 Å². The van der Waals surface area contributed by atoms with E-state index in [1.165, 1.54) is 11.1 Å². The van der Waals surface area contributed by atoms with Gasteiger partial charge >= 0.3 is 0 Å². The van der Waals surface area contributed by atoms with Crippen molar-refractivity contribution < 1.29 is 9.53 Å². The molecule has 0 saturated heterocycles. The van der Waals surface area contributed by atoms with Gasteiger partial charge in [0.15, 0.2) is 0 Å². The monoisotopic (exact) mass is 352 g/mol. The average Bonchev–Trinajstić information content (AvgIpc) is 3.45. The van der Waals surface area contributed by atoms with Crippen LogP contribution in [-0.2, 0) is 11.2 Å². The Morgan fingerprint density at radius 1 is 1.27 bits per heavy atom. The first-order chi connectivity index (χ1) is 12.8. The van der Waals surface area contributed by atoms with Gasteiger partial charge in [0.2, 0.25) is 5.91 Å². The number of hydrogen-bond acceptors (Lipinski definition) is 3. The van der Waals surface area contributed by atoms with E-state index in [2.05, 4.69) is 28.5 Å². The fourth-order valence-electron chi connectivity index (χ4n) is 3.29. The summed E-state index contributed by atoms with van der Waals surface area (Å²) in [5.74, 6) is 2.23. The van der Waals surface area contributed by atoms with Crippen molar-refractivity contribution in [2.24, 2.45) is 5.92 Å². The zero-order valence-corrected chi connectivity index (χ0v) is 15.5. The lowest BCUT2D eigenvalue weighted by Gasteiger charge is -2.09. The van der Waals surface area contributed by atoms with Gasteiger partial charge in [-0.1, -0.05) is 19.1 Å². The summed E-state index contributed by atoms with van der Waals surface area (Å²) in [7, 11) is 0. The summed E-state index contributed by atoms with van der Waals surface area (Å²) in [5.41, 5.74) is 2.62. The molecule has 1 aromatic carbocycles. The van der Waals surface area contributed by atoms with Crippen LogP contribution < -0.4 is 10.1 Å². The number of aryl methyl sites for hydroxylation is 1. The quantitative estimate of drug-likeness (QED) is 0.655. The number of nitrogens with zero attached hydrogens (tertiary/aromatic N) is 1. The van der Waals surface area contributed by atoms with E-state index in [9.17, 15) is 4.79 Å². The number of hydrogen-bond donors (Lipinski definition) is 1. The van der Waals surface area contributed by atoms with Crippen molar-refractivity contribution in [2.45, 2.75) is 44.9 Å². The standard InChI is InChI=1S/C22H28N2O2/c1-2-5-22(25)24-16-19-15-21(19)18-7-3-8-20(14-18)26-13-4-6-17-9-11-23-12-10-17/h3,7-12,14,19,21H,2,4-6,13,15-16H2,1H3,(H,24,25). The summed E-state index contributed by atoms with van der Waals surface area (Å²) in [6, 6.07) is 12.5. The van der Waals surface area contributed by atoms with Crippen LogP contribution in [0.2, 0.25) is 0 Å². The molecule has 0 aliphatic heterocycles. The van der Waals surface area contributed by atoms with Crippen LogP contribution >= 0.6 is 0 Å². The molecule has 1 fully saturated rings. The maximum atomic E-state index is 11.6. The highest BCUT2D eigenvalue weighted by Crippen LogP contribution is 2.47. The van der Waals surface area contributed by atoms with E-state index in [0.29, 0.717) is 24.9 Å². The molecule has 4 nitrogen and oxygen atoms in total. The van der Waals surface area contributed by atoms with Gasteiger partial charge in [0.25, 0.3) is 0 Å². The fraction of sp³-hybridized carbons (Fsp3) is 0.455. The maximum absolute atomic E-state index is 11.6. The first-order valence-corrected chi connectivity index (χ1v) is 9.64. The minimum absolute atomic E-state index is 0.171. The first-order valence-electron chi connectivity index (χ1n) is 9.64. The van der Waals surface area contributed by atoms with E-state index in [1.807, 2.05) is 37.5 Å². The van der Waals surface area contributed by atoms with Gasteiger partial charge in [0.1, 0.15) is 5.75 Å². The van der Waals surface area contributed by atoms with Gasteiger partial charge in [-0.2, -0.15) is 0 Å². The van der Waals surface area contributed by atoms with E-state index < -0.39 is 0 Å². The third-order valence-electron chi connectivity index (χ3n) is 4.88. The van der Waals surface area contributed by atoms with Gasteiger partial charge < -0.3 is 10.1 Å². The Labute approximate surface area is 156 Å². The lowest BCUT2D eigenvalue weighted by Crippen LogP contribution is -2.25. The van der Waals surface area contributed by atoms with E-state index in [-0.39, 0.29) is 5.91 Å². The highest BCUT2D eigenvalue weighted by atomic mass is 16.5. The normalized spacial score (nSPS) is 18.3. The molecule has 0 radical (unpaired) electrons. The lowest BCUT2D eigenvalue weighted by atomic mass is 10.1. The summed E-state index contributed by atoms with van der Waals surface area (Å²) in [5, 5.41) is 3.04. The van der Waals surface area contributed by atoms with Crippen LogP contribution in [0.5, 0.6) is 5.75 Å². The first kappa shape index (κ1) is 18.4. The zero-order valence-electron chi connectivity index (χ0n) is 15.5. The van der Waals surface area contributed by atoms with Crippen LogP contribution in [0.4, 0.5) is 0 Å². The van der Waals surface area contributed by atoms with Crippen molar-refractivity contribution in [3.8, 4) is 5.75 Å². The largest absolute Gasteiger partial charge is 0.494 e. The van der Waals surface area contributed by atoms with Gasteiger partial charge in [0, 0.05) is 25.4 Å². The Hall–Kier alpha value is -2.36. The molecule has 1 heterocycles. The molecule has 1 amide bonds. The second-order valence-electron chi connectivity index (χ2n) is 7.04. The molecule has 0 bridgehead atoms. The SMILES string of the molecule is CCCC(=O)NCC1CC1c1cccc(OCCCc2ccncc2)c1. The molecule has 138 valence electrons. The van der Waals surface area contributed by atoms with Gasteiger partial charge in [-0.3, -0.25) is 9.78 Å². The molecule has 3 rings (SSSR count). The zero-order chi connectivity index (χ0) is 18.2. The number of benzene rings is 1. The molecule has 2 unspecified atom stereocenters. The summed E-state index contributed by atoms with van der Waals surface area (Å²) in [6.45, 7) is 3.54. The molecular formula is C22H28N2O2. The van der Waals surface area contributed by atoms with Crippen LogP contribution in [0.3, 0.4) is 0 Å². The fourth-order valence-corrected chi connectivity index (χ4v) is 3.29. The Kier molecular flexibility index (Phi) is 6.64. The molecule has 1 N–H and O–H groups in total. The number of ether oxygens (including phenoxy) is 1. The van der Waals surface area contributed by atoms with E-state index >= 15 is 0 Å². The van der Waals surface area contributed by atoms with Crippen molar-refractivity contribution >= 4 is 5.91 Å². The lowest BCUT2D eigenvalue weighted by molar-refractivity contribution is -0.121. The van der Waals surface area contributed by atoms with Crippen LogP contribution in [0.1, 0.15) is 49.7 Å². The van der Waals surface area contributed by atoms with Crippen molar-refractivity contribution in [2.75, 3.05) is 13.2 Å². The summed E-state index contributed by atoms with van der Waals surface area (Å²) in [4.78, 5) is 15.6. The van der Waals surface area contributed by atoms with Crippen LogP contribution in [0.15, 0.2) is 48.8 Å². The average molecular weight is 352 g/mol. The molecule has 26 heavy (non-hydrogen) atoms. The second-order valence-corrected chi connectivity index (χ2v) is 7.04. The summed E-state index contributed by atoms with van der Waals surface area (Å²) < 4.78 is 5.93. The molecule has 1 aliphatic carbocycles. The third kappa shape index (κ3) is 5.58. The minimum Gasteiger partial charge on any atom is -0.494 e. The molecule has 4 heteroatoms. The second kappa shape index (κ2) is 9.37. The van der Waals surface area contributed by atoms with E-state index in [0.717, 1.165) is 38.0 Å². The van der Waals surface area contributed by atoms with Gasteiger partial charge in [-0.05, 0) is 72.9 Å². The van der Waals surface area contributed by atoms with E-state index in [1.54, 1.807) is 0 Å². The predicted molar refractivity (Wildman–Crippen MR) is 103 cm³/mol. The van der Waals surface area contributed by atoms with Crippen LogP contribution in [-0.4, -0.2) is 24.0 Å². The van der Waals surface area contributed by atoms with Crippen molar-refractivity contribution in [3.05, 3.63) is 59.9 Å². The molecule has 2 aromatic rings. The van der Waals surface area contributed by atoms with Crippen LogP contribution in [0.25, 0.3) is 0 Å². The number of pyridine rings is 1. The van der Waals surface area contributed by atoms with Gasteiger partial charge in [-0.15, -0.1) is 0 Å². The maximum Gasteiger partial charge on any atom is 0.219 e. The highest BCUT2D eigenvalue weighted by molar-refractivity contribution is 5.75. The van der Waals surface area contributed by atoms with Gasteiger partial charge in [0.05, 0.1) is 6.61 Å². The Morgan fingerprint density at radius 3 is 2.92 bits per heavy atom. The van der Waals surface area contributed by atoms with Crippen LogP contribution in [0, 0.1) is 5.92 Å². The number of aromatic nitrogens is 1. The van der Waals surface area contributed by atoms with Crippen molar-refractivity contribution in [1.82, 2.24) is 10.3 Å². The summed E-state index contributed by atoms with van der Waals surface area (Å²) >= 11 is 0. The highest BCUT2D eigenvalue weighted by Gasteiger charge is 2.38. The minimum atomic E-state index is 0.171. The third-order valence-corrected chi connectivity index (χ3v) is 4.88. The van der Waals surface area contributed by atoms with Gasteiger partial charge in [-0.25, -0.2) is 0 Å². The van der Waals surface area contributed by atoms with Crippen molar-refractivity contribution in [1.29, 1.82) is 0 Å². The number of rotatable bonds is 10. The smallest absolute Gasteiger partial charge is 0.219 e. The molecule has 2 atom stereocenters. The number of carbonyl (C=O) groups excluding carboxylic acids is 1. The number of carbonyl (C=O) groups is 1. The Bertz CT molecular complexity index is 702. The predicted octanol–water partition coefficient (Wildman–Crippen LogP) is 4.11. The Balaban J connectivity index is 1.40. The molecule has 1 aliphatic rings. The number of nitrogens with one attached hydrogen (secondary N) is 1.